The Balaban J connectivity index is 2.56. The summed E-state index contributed by atoms with van der Waals surface area (Å²) in [6, 6.07) is 6.75. The highest BCUT2D eigenvalue weighted by Crippen LogP contribution is 2.22. The smallest absolute Gasteiger partial charge is 0.303 e. The Morgan fingerprint density at radius 1 is 1.23 bits per heavy atom. The van der Waals surface area contributed by atoms with E-state index in [2.05, 4.69) is 11.9 Å². The normalized spacial score (nSPS) is 13.6. The molecule has 0 aliphatic heterocycles. The number of ether oxygens (including phenoxy) is 1. The molecule has 2 N–H and O–H groups in total. The fourth-order valence-electron chi connectivity index (χ4n) is 2.38. The van der Waals surface area contributed by atoms with Gasteiger partial charge in [-0.3, -0.25) is 9.59 Å². The average Bonchev–Trinajstić information content (AvgIpc) is 2.54. The first-order valence-corrected chi connectivity index (χ1v) is 9.03. The highest BCUT2D eigenvalue weighted by Gasteiger charge is 2.31. The fraction of sp³-hybridized carbons (Fsp3) is 0.500. The summed E-state index contributed by atoms with van der Waals surface area (Å²) in [5.41, 5.74) is -0.167. The second kappa shape index (κ2) is 9.62. The lowest BCUT2D eigenvalue weighted by molar-refractivity contribution is -0.137. The van der Waals surface area contributed by atoms with E-state index in [1.54, 1.807) is 38.1 Å². The molecule has 2 atom stereocenters. The van der Waals surface area contributed by atoms with Crippen molar-refractivity contribution in [1.29, 1.82) is 0 Å². The van der Waals surface area contributed by atoms with E-state index in [9.17, 15) is 9.59 Å². The lowest BCUT2D eigenvalue weighted by atomic mass is 9.93. The van der Waals surface area contributed by atoms with E-state index in [-0.39, 0.29) is 24.3 Å². The Morgan fingerprint density at radius 2 is 1.81 bits per heavy atom. The van der Waals surface area contributed by atoms with E-state index in [4.69, 9.17) is 21.4 Å². The largest absolute Gasteiger partial charge is 0.481 e. The lowest BCUT2D eigenvalue weighted by Crippen LogP contribution is -2.50. The monoisotopic (exact) mass is 381 g/mol. The van der Waals surface area contributed by atoms with Gasteiger partial charge in [-0.2, -0.15) is 0 Å². The van der Waals surface area contributed by atoms with Crippen molar-refractivity contribution >= 4 is 23.5 Å². The molecule has 5 nitrogen and oxygen atoms in total. The molecule has 0 aromatic heterocycles. The number of hydrogen-bond donors (Lipinski definition) is 2. The molecular weight excluding hydrogens is 354 g/mol. The van der Waals surface area contributed by atoms with Crippen molar-refractivity contribution < 1.29 is 19.4 Å². The van der Waals surface area contributed by atoms with Gasteiger partial charge in [0.25, 0.3) is 5.91 Å². The van der Waals surface area contributed by atoms with E-state index < -0.39 is 11.6 Å². The minimum Gasteiger partial charge on any atom is -0.481 e. The number of carboxylic acids is 1. The van der Waals surface area contributed by atoms with Crippen LogP contribution in [0.1, 0.15) is 47.0 Å². The third-order valence-electron chi connectivity index (χ3n) is 4.25. The zero-order chi connectivity index (χ0) is 19.9. The molecule has 1 aromatic rings. The lowest BCUT2D eigenvalue weighted by Gasteiger charge is -2.29. The number of carboxylic acid groups (broad SMARTS) is 1. The van der Waals surface area contributed by atoms with Crippen molar-refractivity contribution in [3.05, 3.63) is 41.4 Å². The van der Waals surface area contributed by atoms with Crippen molar-refractivity contribution in [1.82, 2.24) is 5.32 Å². The number of nitrogens with one attached hydrogen (secondary N) is 1. The van der Waals surface area contributed by atoms with Gasteiger partial charge in [-0.25, -0.2) is 0 Å². The Hall–Kier alpha value is -2.01. The fourth-order valence-corrected chi connectivity index (χ4v) is 2.51. The van der Waals surface area contributed by atoms with E-state index in [0.29, 0.717) is 23.6 Å². The summed E-state index contributed by atoms with van der Waals surface area (Å²) < 4.78 is 5.79. The zero-order valence-corrected chi connectivity index (χ0v) is 16.6. The van der Waals surface area contributed by atoms with Gasteiger partial charge < -0.3 is 15.2 Å². The zero-order valence-electron chi connectivity index (χ0n) is 15.8. The van der Waals surface area contributed by atoms with Crippen LogP contribution in [0.5, 0.6) is 5.75 Å². The number of benzene rings is 1. The average molecular weight is 382 g/mol. The number of allylic oxidation sites excluding steroid dienone is 1. The SMILES string of the molecule is C=C(CCC(=O)O)CC(C)C(C)NC(=O)C(C)(C)Oc1ccc(Cl)cc1. The molecule has 0 aliphatic rings. The molecule has 0 saturated carbocycles. The van der Waals surface area contributed by atoms with Crippen LogP contribution in [-0.4, -0.2) is 28.6 Å². The minimum absolute atomic E-state index is 0.0776. The van der Waals surface area contributed by atoms with Gasteiger partial charge in [-0.1, -0.05) is 30.7 Å². The maximum atomic E-state index is 12.6. The summed E-state index contributed by atoms with van der Waals surface area (Å²) in [5.74, 6) is -0.354. The first kappa shape index (κ1) is 22.0. The Morgan fingerprint density at radius 3 is 2.35 bits per heavy atom. The quantitative estimate of drug-likeness (QED) is 0.587. The van der Waals surface area contributed by atoms with Crippen LogP contribution in [0.3, 0.4) is 0 Å². The van der Waals surface area contributed by atoms with Crippen molar-refractivity contribution in [2.75, 3.05) is 0 Å². The molecule has 1 aromatic carbocycles. The second-order valence-corrected chi connectivity index (χ2v) is 7.59. The van der Waals surface area contributed by atoms with Gasteiger partial charge in [0.05, 0.1) is 0 Å². The van der Waals surface area contributed by atoms with Gasteiger partial charge in [0.1, 0.15) is 5.75 Å². The van der Waals surface area contributed by atoms with Crippen LogP contribution in [0, 0.1) is 5.92 Å². The van der Waals surface area contributed by atoms with E-state index >= 15 is 0 Å². The summed E-state index contributed by atoms with van der Waals surface area (Å²) in [7, 11) is 0. The van der Waals surface area contributed by atoms with E-state index in [1.807, 2.05) is 13.8 Å². The van der Waals surface area contributed by atoms with Gasteiger partial charge >= 0.3 is 5.97 Å². The molecule has 0 fully saturated rings. The number of halogens is 1. The number of aliphatic carboxylic acids is 1. The van der Waals surface area contributed by atoms with Crippen molar-refractivity contribution in [3.63, 3.8) is 0 Å². The molecular formula is C20H28ClNO4. The summed E-state index contributed by atoms with van der Waals surface area (Å²) in [5, 5.41) is 12.3. The van der Waals surface area contributed by atoms with Gasteiger partial charge in [-0.15, -0.1) is 0 Å². The third-order valence-corrected chi connectivity index (χ3v) is 4.50. The van der Waals surface area contributed by atoms with Crippen LogP contribution in [0.25, 0.3) is 0 Å². The van der Waals surface area contributed by atoms with Crippen LogP contribution >= 0.6 is 11.6 Å². The molecule has 6 heteroatoms. The molecule has 1 amide bonds. The highest BCUT2D eigenvalue weighted by atomic mass is 35.5. The van der Waals surface area contributed by atoms with Crippen LogP contribution in [0.2, 0.25) is 5.02 Å². The van der Waals surface area contributed by atoms with E-state index in [0.717, 1.165) is 5.57 Å². The first-order valence-electron chi connectivity index (χ1n) is 8.65. The van der Waals surface area contributed by atoms with Crippen molar-refractivity contribution in [2.24, 2.45) is 5.92 Å². The molecule has 0 spiro atoms. The van der Waals surface area contributed by atoms with Gasteiger partial charge in [0.2, 0.25) is 0 Å². The first-order chi connectivity index (χ1) is 12.0. The Kier molecular flexibility index (Phi) is 8.15. The second-order valence-electron chi connectivity index (χ2n) is 7.15. The summed E-state index contributed by atoms with van der Waals surface area (Å²) in [4.78, 5) is 23.2. The topological polar surface area (TPSA) is 75.6 Å². The maximum Gasteiger partial charge on any atom is 0.303 e. The summed E-state index contributed by atoms with van der Waals surface area (Å²) >= 11 is 5.86. The van der Waals surface area contributed by atoms with Gasteiger partial charge in [0.15, 0.2) is 5.60 Å². The summed E-state index contributed by atoms with van der Waals surface area (Å²) in [6.07, 6.45) is 1.19. The predicted octanol–water partition coefficient (Wildman–Crippen LogP) is 4.45. The highest BCUT2D eigenvalue weighted by molar-refractivity contribution is 6.30. The number of carbonyl (C=O) groups is 2. The standard InChI is InChI=1S/C20H28ClNO4/c1-13(6-11-18(23)24)12-14(2)15(3)22-19(25)20(4,5)26-17-9-7-16(21)8-10-17/h7-10,14-15H,1,6,11-12H2,2-5H3,(H,22,25)(H,23,24). The van der Waals surface area contributed by atoms with Crippen LogP contribution in [-0.2, 0) is 9.59 Å². The molecule has 1 rings (SSSR count). The number of rotatable bonds is 10. The Labute approximate surface area is 160 Å². The van der Waals surface area contributed by atoms with Crippen molar-refractivity contribution in [2.45, 2.75) is 58.6 Å². The molecule has 0 heterocycles. The van der Waals surface area contributed by atoms with Gasteiger partial charge in [-0.05, 0) is 63.8 Å². The third kappa shape index (κ3) is 7.48. The number of hydrogen-bond acceptors (Lipinski definition) is 3. The van der Waals surface area contributed by atoms with Crippen molar-refractivity contribution in [3.8, 4) is 5.75 Å². The molecule has 26 heavy (non-hydrogen) atoms. The molecule has 0 radical (unpaired) electrons. The number of amides is 1. The van der Waals surface area contributed by atoms with Crippen LogP contribution < -0.4 is 10.1 Å². The molecule has 0 bridgehead atoms. The minimum atomic E-state index is -1.04. The van der Waals surface area contributed by atoms with Crippen LogP contribution in [0.4, 0.5) is 0 Å². The molecule has 2 unspecified atom stereocenters. The number of carbonyl (C=O) groups excluding carboxylic acids is 1. The molecule has 144 valence electrons. The maximum absolute atomic E-state index is 12.6. The predicted molar refractivity (Wildman–Crippen MR) is 104 cm³/mol. The van der Waals surface area contributed by atoms with E-state index in [1.165, 1.54) is 0 Å². The van der Waals surface area contributed by atoms with Gasteiger partial charge in [0, 0.05) is 17.5 Å². The molecule has 0 saturated heterocycles. The molecule has 0 aliphatic carbocycles. The Bertz CT molecular complexity index is 640. The summed E-state index contributed by atoms with van der Waals surface area (Å²) in [6.45, 7) is 11.3. The van der Waals surface area contributed by atoms with Crippen LogP contribution in [0.15, 0.2) is 36.4 Å².